The third-order valence-electron chi connectivity index (χ3n) is 5.32. The number of nitrogens with zero attached hydrogens (tertiary/aromatic N) is 2. The molecule has 1 aliphatic rings. The highest BCUT2D eigenvalue weighted by atomic mass is 35.5. The number of hydrogen-bond donors (Lipinski definition) is 1. The number of nitro groups is 1. The molecule has 12 heteroatoms. The highest BCUT2D eigenvalue weighted by Gasteiger charge is 2.40. The molecule has 1 aliphatic heterocycles. The summed E-state index contributed by atoms with van der Waals surface area (Å²) in [5.74, 6) is -2.88. The van der Waals surface area contributed by atoms with Gasteiger partial charge in [0.1, 0.15) is 16.5 Å². The number of anilines is 2. The largest absolute Gasteiger partial charge is 0.462 e. The van der Waals surface area contributed by atoms with Crippen molar-refractivity contribution in [3.63, 3.8) is 0 Å². The summed E-state index contributed by atoms with van der Waals surface area (Å²) in [6, 6.07) is 16.8. The quantitative estimate of drug-likeness (QED) is 0.145. The zero-order valence-corrected chi connectivity index (χ0v) is 20.4. The van der Waals surface area contributed by atoms with E-state index in [0.717, 1.165) is 4.90 Å². The zero-order valence-electron chi connectivity index (χ0n) is 19.7. The highest BCUT2D eigenvalue weighted by molar-refractivity contribution is 6.53. The molecule has 11 nitrogen and oxygen atoms in total. The van der Waals surface area contributed by atoms with E-state index >= 15 is 0 Å². The standard InChI is InChI=1S/C26H18ClN3O8/c1-2-37-26(34)19-5-3-4-6-20(19)29-23(31)21(27)22(24(29)32)28-16-9-7-15(8-10-16)25(33)38-18-13-11-17(12-14-18)30(35)36/h3-14,28H,2H2,1H3. The van der Waals surface area contributed by atoms with E-state index in [4.69, 9.17) is 21.1 Å². The molecule has 0 unspecified atom stereocenters. The molecule has 2 amide bonds. The van der Waals surface area contributed by atoms with Crippen LogP contribution in [0, 0.1) is 10.1 Å². The summed E-state index contributed by atoms with van der Waals surface area (Å²) >= 11 is 6.19. The Morgan fingerprint density at radius 1 is 0.947 bits per heavy atom. The normalized spacial score (nSPS) is 12.9. The van der Waals surface area contributed by atoms with E-state index in [-0.39, 0.29) is 45.6 Å². The predicted octanol–water partition coefficient (Wildman–Crippen LogP) is 4.43. The predicted molar refractivity (Wildman–Crippen MR) is 136 cm³/mol. The second-order valence-corrected chi connectivity index (χ2v) is 8.09. The molecule has 3 aromatic rings. The summed E-state index contributed by atoms with van der Waals surface area (Å²) < 4.78 is 10.2. The molecule has 3 aromatic carbocycles. The first kappa shape index (κ1) is 26.0. The van der Waals surface area contributed by atoms with Crippen molar-refractivity contribution in [1.82, 2.24) is 0 Å². The molecule has 1 heterocycles. The maximum Gasteiger partial charge on any atom is 0.343 e. The first-order valence-corrected chi connectivity index (χ1v) is 11.5. The zero-order chi connectivity index (χ0) is 27.4. The van der Waals surface area contributed by atoms with Crippen LogP contribution in [0.1, 0.15) is 27.6 Å². The Hall–Kier alpha value is -5.03. The highest BCUT2D eigenvalue weighted by Crippen LogP contribution is 2.32. The molecular weight excluding hydrogens is 518 g/mol. The van der Waals surface area contributed by atoms with Gasteiger partial charge < -0.3 is 14.8 Å². The Labute approximate surface area is 220 Å². The molecule has 0 spiro atoms. The molecule has 0 aromatic heterocycles. The molecule has 0 fully saturated rings. The lowest BCUT2D eigenvalue weighted by molar-refractivity contribution is -0.384. The van der Waals surface area contributed by atoms with Crippen molar-refractivity contribution < 1.29 is 33.6 Å². The van der Waals surface area contributed by atoms with Gasteiger partial charge in [0.25, 0.3) is 17.5 Å². The molecule has 0 bridgehead atoms. The van der Waals surface area contributed by atoms with E-state index in [1.54, 1.807) is 19.1 Å². The van der Waals surface area contributed by atoms with Crippen molar-refractivity contribution in [1.29, 1.82) is 0 Å². The van der Waals surface area contributed by atoms with Crippen molar-refractivity contribution >= 4 is 52.4 Å². The van der Waals surface area contributed by atoms with Crippen LogP contribution in [0.3, 0.4) is 0 Å². The molecule has 0 saturated carbocycles. The van der Waals surface area contributed by atoms with Crippen LogP contribution in [0.2, 0.25) is 0 Å². The maximum atomic E-state index is 13.1. The minimum atomic E-state index is -0.820. The number of esters is 2. The monoisotopic (exact) mass is 535 g/mol. The number of rotatable bonds is 8. The van der Waals surface area contributed by atoms with Gasteiger partial charge in [0.05, 0.1) is 28.3 Å². The molecule has 0 atom stereocenters. The fourth-order valence-corrected chi connectivity index (χ4v) is 3.73. The number of imide groups is 1. The first-order valence-electron chi connectivity index (χ1n) is 11.1. The molecule has 38 heavy (non-hydrogen) atoms. The van der Waals surface area contributed by atoms with E-state index in [9.17, 15) is 29.3 Å². The minimum Gasteiger partial charge on any atom is -0.462 e. The molecule has 0 radical (unpaired) electrons. The fourth-order valence-electron chi connectivity index (χ4n) is 3.52. The molecule has 1 N–H and O–H groups in total. The topological polar surface area (TPSA) is 145 Å². The Kier molecular flexibility index (Phi) is 7.49. The van der Waals surface area contributed by atoms with Gasteiger partial charge in [-0.2, -0.15) is 0 Å². The van der Waals surface area contributed by atoms with Gasteiger partial charge in [-0.25, -0.2) is 14.5 Å². The lowest BCUT2D eigenvalue weighted by Crippen LogP contribution is -2.33. The average molecular weight is 536 g/mol. The summed E-state index contributed by atoms with van der Waals surface area (Å²) in [6.45, 7) is 1.74. The van der Waals surface area contributed by atoms with Crippen LogP contribution in [0.25, 0.3) is 0 Å². The second kappa shape index (κ2) is 10.9. The Bertz CT molecular complexity index is 1480. The Morgan fingerprint density at radius 2 is 1.61 bits per heavy atom. The Morgan fingerprint density at radius 3 is 2.24 bits per heavy atom. The van der Waals surface area contributed by atoms with E-state index in [1.165, 1.54) is 60.7 Å². The van der Waals surface area contributed by atoms with Crippen molar-refractivity contribution in [2.45, 2.75) is 6.92 Å². The van der Waals surface area contributed by atoms with Crippen LogP contribution in [0.4, 0.5) is 17.1 Å². The van der Waals surface area contributed by atoms with E-state index < -0.39 is 28.7 Å². The fraction of sp³-hybridized carbons (Fsp3) is 0.0769. The smallest absolute Gasteiger partial charge is 0.343 e. The third kappa shape index (κ3) is 5.22. The molecule has 0 saturated heterocycles. The second-order valence-electron chi connectivity index (χ2n) is 7.72. The number of carbonyl (C=O) groups excluding carboxylic acids is 4. The number of halogens is 1. The summed E-state index contributed by atoms with van der Waals surface area (Å²) in [5, 5.41) is 13.1. The van der Waals surface area contributed by atoms with Crippen molar-refractivity contribution in [3.8, 4) is 5.75 Å². The van der Waals surface area contributed by atoms with Crippen LogP contribution in [-0.4, -0.2) is 35.3 Å². The van der Waals surface area contributed by atoms with Gasteiger partial charge in [-0.3, -0.25) is 19.7 Å². The summed E-state index contributed by atoms with van der Waals surface area (Å²) in [4.78, 5) is 61.7. The number of amides is 2. The van der Waals surface area contributed by atoms with E-state index in [2.05, 4.69) is 5.32 Å². The molecule has 4 rings (SSSR count). The number of ether oxygens (including phenoxy) is 2. The SMILES string of the molecule is CCOC(=O)c1ccccc1N1C(=O)C(Cl)=C(Nc2ccc(C(=O)Oc3ccc([N+](=O)[O-])cc3)cc2)C1=O. The van der Waals surface area contributed by atoms with Crippen LogP contribution in [-0.2, 0) is 14.3 Å². The van der Waals surface area contributed by atoms with Crippen molar-refractivity contribution in [3.05, 3.63) is 105 Å². The van der Waals surface area contributed by atoms with E-state index in [1.807, 2.05) is 0 Å². The number of carbonyl (C=O) groups is 4. The van der Waals surface area contributed by atoms with E-state index in [0.29, 0.717) is 5.69 Å². The van der Waals surface area contributed by atoms with Gasteiger partial charge in [-0.15, -0.1) is 0 Å². The number of nitro benzene ring substituents is 1. The first-order chi connectivity index (χ1) is 18.2. The number of hydrogen-bond acceptors (Lipinski definition) is 9. The van der Waals surface area contributed by atoms with Crippen LogP contribution in [0.15, 0.2) is 83.5 Å². The minimum absolute atomic E-state index is 0.0256. The van der Waals surface area contributed by atoms with Gasteiger partial charge in [0.2, 0.25) is 0 Å². The van der Waals surface area contributed by atoms with Gasteiger partial charge in [-0.1, -0.05) is 23.7 Å². The number of para-hydroxylation sites is 1. The van der Waals surface area contributed by atoms with Crippen LogP contribution >= 0.6 is 11.6 Å². The lowest BCUT2D eigenvalue weighted by Gasteiger charge is -2.18. The van der Waals surface area contributed by atoms with Gasteiger partial charge in [0.15, 0.2) is 0 Å². The average Bonchev–Trinajstić information content (AvgIpc) is 3.12. The van der Waals surface area contributed by atoms with Gasteiger partial charge in [-0.05, 0) is 55.5 Å². The maximum absolute atomic E-state index is 13.1. The van der Waals surface area contributed by atoms with Gasteiger partial charge >= 0.3 is 11.9 Å². The third-order valence-corrected chi connectivity index (χ3v) is 5.67. The van der Waals surface area contributed by atoms with Crippen LogP contribution in [0.5, 0.6) is 5.75 Å². The molecular formula is C26H18ClN3O8. The molecule has 0 aliphatic carbocycles. The number of nitrogens with one attached hydrogen (secondary N) is 1. The number of non-ortho nitro benzene ring substituents is 1. The van der Waals surface area contributed by atoms with Gasteiger partial charge in [0, 0.05) is 17.8 Å². The summed E-state index contributed by atoms with van der Waals surface area (Å²) in [6.07, 6.45) is 0. The molecule has 192 valence electrons. The van der Waals surface area contributed by atoms with Crippen molar-refractivity contribution in [2.24, 2.45) is 0 Å². The summed E-state index contributed by atoms with van der Waals surface area (Å²) in [7, 11) is 0. The lowest BCUT2D eigenvalue weighted by atomic mass is 10.1. The number of benzene rings is 3. The summed E-state index contributed by atoms with van der Waals surface area (Å²) in [5.41, 5.74) is 0.199. The van der Waals surface area contributed by atoms with Crippen molar-refractivity contribution in [2.75, 3.05) is 16.8 Å². The Balaban J connectivity index is 1.48. The van der Waals surface area contributed by atoms with Crippen LogP contribution < -0.4 is 15.0 Å².